The van der Waals surface area contributed by atoms with Gasteiger partial charge in [-0.3, -0.25) is 4.68 Å². The molecule has 2 aromatic rings. The number of hydrogen-bond acceptors (Lipinski definition) is 4. The molecule has 0 spiro atoms. The molecule has 0 bridgehead atoms. The first-order valence-electron chi connectivity index (χ1n) is 6.33. The first kappa shape index (κ1) is 11.3. The van der Waals surface area contributed by atoms with Crippen LogP contribution >= 0.6 is 0 Å². The molecule has 1 aliphatic heterocycles. The number of aromatic nitrogens is 2. The van der Waals surface area contributed by atoms with Gasteiger partial charge in [-0.05, 0) is 37.0 Å². The molecule has 0 saturated carbocycles. The Hall–Kier alpha value is -1.75. The van der Waals surface area contributed by atoms with Gasteiger partial charge in [0.25, 0.3) is 0 Å². The van der Waals surface area contributed by atoms with Crippen molar-refractivity contribution in [3.8, 4) is 0 Å². The lowest BCUT2D eigenvalue weighted by Crippen LogP contribution is -2.21. The molecule has 3 rings (SSSR count). The molecule has 0 amide bonds. The van der Waals surface area contributed by atoms with Crippen LogP contribution in [0.15, 0.2) is 18.2 Å². The lowest BCUT2D eigenvalue weighted by molar-refractivity contribution is 0.0606. The van der Waals surface area contributed by atoms with Gasteiger partial charge >= 0.3 is 0 Å². The zero-order valence-electron chi connectivity index (χ0n) is 10.3. The number of rotatable bonds is 2. The third-order valence-electron chi connectivity index (χ3n) is 3.58. The molecular formula is C13H18N4O. The molecule has 0 aliphatic carbocycles. The monoisotopic (exact) mass is 246 g/mol. The number of nitrogens with two attached hydrogens (primary N) is 2. The van der Waals surface area contributed by atoms with Gasteiger partial charge in [-0.1, -0.05) is 0 Å². The fourth-order valence-corrected chi connectivity index (χ4v) is 2.53. The summed E-state index contributed by atoms with van der Waals surface area (Å²) in [5, 5.41) is 5.41. The van der Waals surface area contributed by atoms with Crippen LogP contribution in [0, 0.1) is 5.92 Å². The summed E-state index contributed by atoms with van der Waals surface area (Å²) in [6, 6.07) is 5.74. The van der Waals surface area contributed by atoms with Gasteiger partial charge < -0.3 is 16.2 Å². The Morgan fingerprint density at radius 1 is 1.28 bits per heavy atom. The van der Waals surface area contributed by atoms with Gasteiger partial charge in [0, 0.05) is 30.8 Å². The predicted molar refractivity (Wildman–Crippen MR) is 72.1 cm³/mol. The van der Waals surface area contributed by atoms with Crippen molar-refractivity contribution in [2.75, 3.05) is 24.7 Å². The van der Waals surface area contributed by atoms with Gasteiger partial charge in [-0.2, -0.15) is 5.10 Å². The topological polar surface area (TPSA) is 79.1 Å². The SMILES string of the molecule is Nc1ccc2c(N)nn(CC3CCOCC3)c2c1. The third-order valence-corrected chi connectivity index (χ3v) is 3.58. The van der Waals surface area contributed by atoms with Crippen LogP contribution in [0.4, 0.5) is 11.5 Å². The summed E-state index contributed by atoms with van der Waals surface area (Å²) in [4.78, 5) is 0. The van der Waals surface area contributed by atoms with Crippen LogP contribution in [0.1, 0.15) is 12.8 Å². The van der Waals surface area contributed by atoms with Crippen LogP contribution in [-0.4, -0.2) is 23.0 Å². The van der Waals surface area contributed by atoms with Crippen LogP contribution in [-0.2, 0) is 11.3 Å². The van der Waals surface area contributed by atoms with Gasteiger partial charge in [0.1, 0.15) is 0 Å². The maximum absolute atomic E-state index is 5.93. The summed E-state index contributed by atoms with van der Waals surface area (Å²) < 4.78 is 7.36. The van der Waals surface area contributed by atoms with E-state index in [1.165, 1.54) is 0 Å². The number of fused-ring (bicyclic) bond motifs is 1. The zero-order chi connectivity index (χ0) is 12.5. The quantitative estimate of drug-likeness (QED) is 0.789. The fourth-order valence-electron chi connectivity index (χ4n) is 2.53. The minimum atomic E-state index is 0.581. The molecule has 5 nitrogen and oxygen atoms in total. The third kappa shape index (κ3) is 2.01. The lowest BCUT2D eigenvalue weighted by Gasteiger charge is -2.22. The number of anilines is 2. The molecule has 1 aromatic carbocycles. The van der Waals surface area contributed by atoms with Gasteiger partial charge in [0.2, 0.25) is 0 Å². The minimum Gasteiger partial charge on any atom is -0.399 e. The molecule has 0 radical (unpaired) electrons. The maximum Gasteiger partial charge on any atom is 0.153 e. The van der Waals surface area contributed by atoms with E-state index in [9.17, 15) is 0 Å². The Morgan fingerprint density at radius 3 is 2.83 bits per heavy atom. The van der Waals surface area contributed by atoms with E-state index < -0.39 is 0 Å². The summed E-state index contributed by atoms with van der Waals surface area (Å²) in [6.07, 6.45) is 2.17. The predicted octanol–water partition coefficient (Wildman–Crippen LogP) is 1.63. The van der Waals surface area contributed by atoms with E-state index in [0.29, 0.717) is 11.7 Å². The second kappa shape index (κ2) is 4.49. The van der Waals surface area contributed by atoms with Crippen molar-refractivity contribution in [1.82, 2.24) is 9.78 Å². The summed E-state index contributed by atoms with van der Waals surface area (Å²) in [5.74, 6) is 1.19. The molecular weight excluding hydrogens is 228 g/mol. The van der Waals surface area contributed by atoms with Gasteiger partial charge in [-0.15, -0.1) is 0 Å². The standard InChI is InChI=1S/C13H18N4O/c14-10-1-2-11-12(7-10)17(16-13(11)15)8-9-3-5-18-6-4-9/h1-2,7,9H,3-6,8,14H2,(H2,15,16). The molecule has 4 N–H and O–H groups in total. The summed E-state index contributed by atoms with van der Waals surface area (Å²) in [5.41, 5.74) is 13.5. The molecule has 1 aliphatic rings. The highest BCUT2D eigenvalue weighted by atomic mass is 16.5. The van der Waals surface area contributed by atoms with E-state index in [1.807, 2.05) is 22.9 Å². The highest BCUT2D eigenvalue weighted by Gasteiger charge is 2.17. The van der Waals surface area contributed by atoms with E-state index in [4.69, 9.17) is 16.2 Å². The Labute approximate surface area is 106 Å². The van der Waals surface area contributed by atoms with Crippen molar-refractivity contribution in [3.63, 3.8) is 0 Å². The van der Waals surface area contributed by atoms with Crippen molar-refractivity contribution in [2.45, 2.75) is 19.4 Å². The molecule has 0 atom stereocenters. The number of hydrogen-bond donors (Lipinski definition) is 2. The highest BCUT2D eigenvalue weighted by Crippen LogP contribution is 2.25. The van der Waals surface area contributed by atoms with Crippen LogP contribution in [0.25, 0.3) is 10.9 Å². The van der Waals surface area contributed by atoms with Gasteiger partial charge in [0.15, 0.2) is 5.82 Å². The van der Waals surface area contributed by atoms with Gasteiger partial charge in [0.05, 0.1) is 5.52 Å². The van der Waals surface area contributed by atoms with E-state index in [-0.39, 0.29) is 0 Å². The number of benzene rings is 1. The summed E-state index contributed by atoms with van der Waals surface area (Å²) in [7, 11) is 0. The largest absolute Gasteiger partial charge is 0.399 e. The minimum absolute atomic E-state index is 0.581. The molecule has 1 saturated heterocycles. The average Bonchev–Trinajstić information content (AvgIpc) is 2.67. The Bertz CT molecular complexity index is 557. The smallest absolute Gasteiger partial charge is 0.153 e. The van der Waals surface area contributed by atoms with E-state index in [0.717, 1.165) is 49.2 Å². The van der Waals surface area contributed by atoms with Gasteiger partial charge in [-0.25, -0.2) is 0 Å². The van der Waals surface area contributed by atoms with Crippen molar-refractivity contribution in [3.05, 3.63) is 18.2 Å². The molecule has 1 aromatic heterocycles. The number of nitrogens with zero attached hydrogens (tertiary/aromatic N) is 2. The molecule has 2 heterocycles. The highest BCUT2D eigenvalue weighted by molar-refractivity contribution is 5.91. The Kier molecular flexibility index (Phi) is 2.83. The van der Waals surface area contributed by atoms with Crippen molar-refractivity contribution in [1.29, 1.82) is 0 Å². The molecule has 5 heteroatoms. The number of nitrogen functional groups attached to an aromatic ring is 2. The second-order valence-electron chi connectivity index (χ2n) is 4.90. The fraction of sp³-hybridized carbons (Fsp3) is 0.462. The van der Waals surface area contributed by atoms with Crippen LogP contribution < -0.4 is 11.5 Å². The van der Waals surface area contributed by atoms with Crippen LogP contribution in [0.5, 0.6) is 0 Å². The normalized spacial score (nSPS) is 17.3. The number of ether oxygens (including phenoxy) is 1. The average molecular weight is 246 g/mol. The zero-order valence-corrected chi connectivity index (χ0v) is 10.3. The maximum atomic E-state index is 5.93. The molecule has 1 fully saturated rings. The second-order valence-corrected chi connectivity index (χ2v) is 4.90. The van der Waals surface area contributed by atoms with Crippen molar-refractivity contribution >= 4 is 22.4 Å². The first-order valence-corrected chi connectivity index (χ1v) is 6.33. The molecule has 96 valence electrons. The molecule has 18 heavy (non-hydrogen) atoms. The Morgan fingerprint density at radius 2 is 2.06 bits per heavy atom. The van der Waals surface area contributed by atoms with E-state index in [1.54, 1.807) is 0 Å². The first-order chi connectivity index (χ1) is 8.74. The van der Waals surface area contributed by atoms with Crippen molar-refractivity contribution < 1.29 is 4.74 Å². The summed E-state index contributed by atoms with van der Waals surface area (Å²) in [6.45, 7) is 2.59. The van der Waals surface area contributed by atoms with E-state index in [2.05, 4.69) is 5.10 Å². The summed E-state index contributed by atoms with van der Waals surface area (Å²) >= 11 is 0. The van der Waals surface area contributed by atoms with Crippen LogP contribution in [0.3, 0.4) is 0 Å². The lowest BCUT2D eigenvalue weighted by atomic mass is 10.0. The van der Waals surface area contributed by atoms with Crippen LogP contribution in [0.2, 0.25) is 0 Å². The Balaban J connectivity index is 1.93. The van der Waals surface area contributed by atoms with Crippen molar-refractivity contribution in [2.24, 2.45) is 5.92 Å². The van der Waals surface area contributed by atoms with E-state index >= 15 is 0 Å². The molecule has 0 unspecified atom stereocenters.